The smallest absolute Gasteiger partial charge is 0.350 e. The van der Waals surface area contributed by atoms with Gasteiger partial charge in [0.05, 0.1) is 0 Å². The summed E-state index contributed by atoms with van der Waals surface area (Å²) in [5.41, 5.74) is 4.22. The van der Waals surface area contributed by atoms with Gasteiger partial charge in [-0.25, -0.2) is 4.79 Å². The van der Waals surface area contributed by atoms with Crippen LogP contribution < -0.4 is 5.73 Å². The Morgan fingerprint density at radius 1 is 1.08 bits per heavy atom. The molecule has 0 aliphatic heterocycles. The molecule has 72 valence electrons. The lowest BCUT2D eigenvalue weighted by Crippen LogP contribution is -2.44. The molecule has 12 heavy (non-hydrogen) atoms. The summed E-state index contributed by atoms with van der Waals surface area (Å²) in [7, 11) is -10.8. The predicted molar refractivity (Wildman–Crippen MR) is 34.5 cm³/mol. The zero-order valence-electron chi connectivity index (χ0n) is 5.28. The van der Waals surface area contributed by atoms with Crippen LogP contribution in [0, 0.1) is 0 Å². The molecule has 0 unspecified atom stereocenters. The fourth-order valence-corrected chi connectivity index (χ4v) is 1.75. The van der Waals surface area contributed by atoms with Crippen LogP contribution in [0.5, 0.6) is 0 Å². The Labute approximate surface area is 67.5 Å². The average Bonchev–Trinajstić information content (AvgIpc) is 1.49. The van der Waals surface area contributed by atoms with E-state index in [0.717, 1.165) is 0 Å². The summed E-state index contributed by atoms with van der Waals surface area (Å²) in [5.74, 6) is 0. The van der Waals surface area contributed by atoms with Crippen LogP contribution in [0.15, 0.2) is 0 Å². The van der Waals surface area contributed by atoms with E-state index in [1.54, 1.807) is 0 Å². The van der Waals surface area contributed by atoms with Gasteiger partial charge < -0.3 is 5.73 Å². The van der Waals surface area contributed by atoms with E-state index in [2.05, 4.69) is 5.73 Å². The summed E-state index contributed by atoms with van der Waals surface area (Å²) >= 11 is 0. The van der Waals surface area contributed by atoms with Gasteiger partial charge in [0, 0.05) is 0 Å². The van der Waals surface area contributed by atoms with Gasteiger partial charge in [-0.2, -0.15) is 16.8 Å². The Balaban J connectivity index is 5.42. The number of nitrogens with two attached hydrogens (primary N) is 1. The Kier molecular flexibility index (Phi) is 2.64. The second kappa shape index (κ2) is 2.85. The van der Waals surface area contributed by atoms with Gasteiger partial charge in [-0.05, 0) is 0 Å². The molecule has 0 aliphatic rings. The van der Waals surface area contributed by atoms with Crippen LogP contribution in [0.3, 0.4) is 0 Å². The summed E-state index contributed by atoms with van der Waals surface area (Å²) in [4.78, 5) is 10.1. The highest BCUT2D eigenvalue weighted by molar-refractivity contribution is 7.99. The van der Waals surface area contributed by atoms with E-state index in [4.69, 9.17) is 9.11 Å². The number of primary amides is 1. The average molecular weight is 220 g/mol. The van der Waals surface area contributed by atoms with Crippen molar-refractivity contribution >= 4 is 26.6 Å². The third kappa shape index (κ3) is 2.61. The second-order valence-electron chi connectivity index (χ2n) is 1.49. The highest BCUT2D eigenvalue weighted by Gasteiger charge is 2.34. The van der Waals surface area contributed by atoms with Gasteiger partial charge in [-0.1, -0.05) is 3.71 Å². The van der Waals surface area contributed by atoms with E-state index in [-0.39, 0.29) is 0 Å². The second-order valence-corrected chi connectivity index (χ2v) is 4.24. The third-order valence-corrected chi connectivity index (χ3v) is 2.93. The number of urea groups is 1. The van der Waals surface area contributed by atoms with Crippen molar-refractivity contribution in [1.82, 2.24) is 3.71 Å². The van der Waals surface area contributed by atoms with E-state index >= 15 is 0 Å². The van der Waals surface area contributed by atoms with Crippen molar-refractivity contribution in [3.63, 3.8) is 0 Å². The third-order valence-electron chi connectivity index (χ3n) is 0.599. The van der Waals surface area contributed by atoms with Crippen LogP contribution in [-0.2, 0) is 20.6 Å². The maximum absolute atomic E-state index is 10.1. The summed E-state index contributed by atoms with van der Waals surface area (Å²) in [5, 5.41) is 0. The molecule has 11 heteroatoms. The minimum atomic E-state index is -5.40. The highest BCUT2D eigenvalue weighted by atomic mass is 32.3. The molecule has 0 aromatic rings. The molecule has 0 bridgehead atoms. The summed E-state index contributed by atoms with van der Waals surface area (Å²) in [6.07, 6.45) is 0. The first-order chi connectivity index (χ1) is 5.07. The van der Waals surface area contributed by atoms with Crippen LogP contribution in [0.1, 0.15) is 0 Å². The molecule has 0 heterocycles. The van der Waals surface area contributed by atoms with Crippen LogP contribution in [-0.4, -0.2) is 35.7 Å². The minimum Gasteiger partial charge on any atom is -0.350 e. The zero-order valence-corrected chi connectivity index (χ0v) is 6.91. The van der Waals surface area contributed by atoms with Crippen molar-refractivity contribution in [3.05, 3.63) is 0 Å². The van der Waals surface area contributed by atoms with Gasteiger partial charge >= 0.3 is 26.6 Å². The van der Waals surface area contributed by atoms with Crippen molar-refractivity contribution in [3.8, 4) is 0 Å². The van der Waals surface area contributed by atoms with Gasteiger partial charge in [0.1, 0.15) is 0 Å². The predicted octanol–water partition coefficient (Wildman–Crippen LogP) is -2.03. The summed E-state index contributed by atoms with van der Waals surface area (Å²) in [6.45, 7) is 0. The summed E-state index contributed by atoms with van der Waals surface area (Å²) < 4.78 is 55.1. The Morgan fingerprint density at radius 3 is 1.33 bits per heavy atom. The SMILES string of the molecule is NC(=O)N(S(=O)(=O)O)S(=O)(=O)O. The van der Waals surface area contributed by atoms with Gasteiger partial charge in [0.25, 0.3) is 0 Å². The van der Waals surface area contributed by atoms with E-state index in [1.807, 2.05) is 0 Å². The van der Waals surface area contributed by atoms with Crippen molar-refractivity contribution in [2.75, 3.05) is 0 Å². The number of hydrogen-bond donors (Lipinski definition) is 3. The monoisotopic (exact) mass is 220 g/mol. The molecule has 0 saturated carbocycles. The lowest BCUT2D eigenvalue weighted by Gasteiger charge is -2.10. The molecule has 0 aromatic carbocycles. The molecule has 0 fully saturated rings. The Bertz CT molecular complexity index is 344. The van der Waals surface area contributed by atoms with Crippen molar-refractivity contribution in [1.29, 1.82) is 0 Å². The molecular formula is CH4N2O7S2. The number of rotatable bonds is 2. The van der Waals surface area contributed by atoms with E-state index in [9.17, 15) is 21.6 Å². The zero-order chi connectivity index (χ0) is 10.2. The lowest BCUT2D eigenvalue weighted by molar-refractivity contribution is 0.240. The molecule has 0 aromatic heterocycles. The number of carbonyl (C=O) groups excluding carboxylic acids is 1. The maximum Gasteiger partial charge on any atom is 0.378 e. The minimum absolute atomic E-state index is 1.26. The quantitative estimate of drug-likeness (QED) is 0.453. The lowest BCUT2D eigenvalue weighted by atomic mass is 11.2. The van der Waals surface area contributed by atoms with Gasteiger partial charge in [0.15, 0.2) is 0 Å². The molecule has 2 amide bonds. The van der Waals surface area contributed by atoms with Gasteiger partial charge in [-0.3, -0.25) is 9.11 Å². The van der Waals surface area contributed by atoms with Gasteiger partial charge in [0.2, 0.25) is 0 Å². The normalized spacial score (nSPS) is 12.5. The number of hydrogen-bond acceptors (Lipinski definition) is 5. The first-order valence-corrected chi connectivity index (χ1v) is 4.91. The number of amides is 2. The fourth-order valence-electron chi connectivity index (χ4n) is 0.346. The van der Waals surface area contributed by atoms with Crippen molar-refractivity contribution in [2.45, 2.75) is 0 Å². The first-order valence-electron chi connectivity index (χ1n) is 2.11. The molecule has 0 aliphatic carbocycles. The first kappa shape index (κ1) is 11.1. The summed E-state index contributed by atoms with van der Waals surface area (Å²) in [6, 6.07) is -2.04. The molecular weight excluding hydrogens is 216 g/mol. The van der Waals surface area contributed by atoms with E-state index in [0.29, 0.717) is 0 Å². The number of nitrogens with zero attached hydrogens (tertiary/aromatic N) is 1. The molecule has 0 atom stereocenters. The standard InChI is InChI=1S/CH4N2O7S2/c2-1(4)3(11(5,6)7)12(8,9)10/h(H2,2,4)(H,5,6,7)(H,8,9,10). The molecule has 0 rings (SSSR count). The molecule has 0 spiro atoms. The maximum atomic E-state index is 10.1. The van der Waals surface area contributed by atoms with E-state index < -0.39 is 30.3 Å². The number of carbonyl (C=O) groups is 1. The highest BCUT2D eigenvalue weighted by Crippen LogP contribution is 2.02. The fraction of sp³-hybridized carbons (Fsp3) is 0. The Hall–Kier alpha value is -0.910. The van der Waals surface area contributed by atoms with Crippen LogP contribution in [0.2, 0.25) is 0 Å². The molecule has 9 nitrogen and oxygen atoms in total. The van der Waals surface area contributed by atoms with Crippen molar-refractivity contribution < 1.29 is 30.7 Å². The molecule has 4 N–H and O–H groups in total. The van der Waals surface area contributed by atoms with Crippen LogP contribution >= 0.6 is 0 Å². The Morgan fingerprint density at radius 2 is 1.33 bits per heavy atom. The topological polar surface area (TPSA) is 155 Å². The molecule has 0 saturated heterocycles. The largest absolute Gasteiger partial charge is 0.378 e. The van der Waals surface area contributed by atoms with Crippen LogP contribution in [0.25, 0.3) is 0 Å². The van der Waals surface area contributed by atoms with E-state index in [1.165, 1.54) is 0 Å². The van der Waals surface area contributed by atoms with Crippen LogP contribution in [0.4, 0.5) is 4.79 Å². The van der Waals surface area contributed by atoms with Gasteiger partial charge in [-0.15, -0.1) is 0 Å². The van der Waals surface area contributed by atoms with Crippen molar-refractivity contribution in [2.24, 2.45) is 5.73 Å². The molecule has 0 radical (unpaired) electrons.